The number of hydrogen-bond acceptors (Lipinski definition) is 4. The third-order valence-corrected chi connectivity index (χ3v) is 6.66. The Morgan fingerprint density at radius 1 is 1.11 bits per heavy atom. The first-order valence-electron chi connectivity index (χ1n) is 9.06. The van der Waals surface area contributed by atoms with Gasteiger partial charge in [-0.25, -0.2) is 8.42 Å². The Hall–Kier alpha value is -2.09. The second-order valence-electron chi connectivity index (χ2n) is 6.92. The Labute approximate surface area is 170 Å². The number of hydrogen-bond donors (Lipinski definition) is 1. The van der Waals surface area contributed by atoms with Gasteiger partial charge >= 0.3 is 0 Å². The van der Waals surface area contributed by atoms with Crippen molar-refractivity contribution in [1.82, 2.24) is 4.31 Å². The maximum Gasteiger partial charge on any atom is 0.262 e. The zero-order valence-corrected chi connectivity index (χ0v) is 17.4. The number of anilines is 1. The van der Waals surface area contributed by atoms with Gasteiger partial charge in [-0.05, 0) is 68.1 Å². The number of sulfonamides is 1. The number of carbonyl (C=O) groups is 1. The SMILES string of the molecule is Cc1cc(C)cc(NC(=O)COc2ccc(S(=O)(=O)N3CCCC3)cc2Cl)c1. The fraction of sp³-hybridized carbons (Fsp3) is 0.350. The highest BCUT2D eigenvalue weighted by Crippen LogP contribution is 2.30. The number of rotatable bonds is 6. The molecule has 0 saturated carbocycles. The summed E-state index contributed by atoms with van der Waals surface area (Å²) in [5.41, 5.74) is 2.80. The van der Waals surface area contributed by atoms with Crippen molar-refractivity contribution in [3.05, 3.63) is 52.5 Å². The van der Waals surface area contributed by atoms with Gasteiger partial charge in [0.05, 0.1) is 9.92 Å². The average molecular weight is 423 g/mol. The molecule has 1 fully saturated rings. The topological polar surface area (TPSA) is 75.7 Å². The molecule has 28 heavy (non-hydrogen) atoms. The Balaban J connectivity index is 1.64. The lowest BCUT2D eigenvalue weighted by Gasteiger charge is -2.16. The van der Waals surface area contributed by atoms with Crippen molar-refractivity contribution in [3.8, 4) is 5.75 Å². The maximum absolute atomic E-state index is 12.6. The van der Waals surface area contributed by atoms with Crippen LogP contribution in [-0.4, -0.2) is 38.3 Å². The molecule has 2 aromatic rings. The molecule has 8 heteroatoms. The molecule has 2 aromatic carbocycles. The van der Waals surface area contributed by atoms with Gasteiger partial charge in [0.15, 0.2) is 6.61 Å². The molecule has 150 valence electrons. The second-order valence-corrected chi connectivity index (χ2v) is 9.26. The van der Waals surface area contributed by atoms with Crippen LogP contribution in [0.4, 0.5) is 5.69 Å². The lowest BCUT2D eigenvalue weighted by Crippen LogP contribution is -2.27. The standard InChI is InChI=1S/C20H23ClN2O4S/c1-14-9-15(2)11-16(10-14)22-20(24)13-27-19-6-5-17(12-18(19)21)28(25,26)23-7-3-4-8-23/h5-6,9-12H,3-4,7-8,13H2,1-2H3,(H,22,24). The van der Waals surface area contributed by atoms with Crippen LogP contribution in [0, 0.1) is 13.8 Å². The summed E-state index contributed by atoms with van der Waals surface area (Å²) in [6.45, 7) is 4.73. The first kappa shape index (κ1) is 20.6. The molecule has 0 radical (unpaired) electrons. The number of ether oxygens (including phenoxy) is 1. The molecule has 0 atom stereocenters. The van der Waals surface area contributed by atoms with E-state index in [9.17, 15) is 13.2 Å². The van der Waals surface area contributed by atoms with Crippen molar-refractivity contribution in [1.29, 1.82) is 0 Å². The van der Waals surface area contributed by atoms with Gasteiger partial charge in [-0.1, -0.05) is 17.7 Å². The normalized spacial score (nSPS) is 14.8. The number of amides is 1. The van der Waals surface area contributed by atoms with Crippen molar-refractivity contribution in [2.75, 3.05) is 25.0 Å². The van der Waals surface area contributed by atoms with E-state index in [4.69, 9.17) is 16.3 Å². The summed E-state index contributed by atoms with van der Waals surface area (Å²) in [5.74, 6) is -0.0626. The zero-order chi connectivity index (χ0) is 20.3. The Kier molecular flexibility index (Phi) is 6.27. The minimum atomic E-state index is -3.54. The molecule has 1 N–H and O–H groups in total. The Morgan fingerprint density at radius 3 is 2.36 bits per heavy atom. The molecule has 1 saturated heterocycles. The smallest absolute Gasteiger partial charge is 0.262 e. The molecule has 3 rings (SSSR count). The van der Waals surface area contributed by atoms with E-state index < -0.39 is 10.0 Å². The Morgan fingerprint density at radius 2 is 1.75 bits per heavy atom. The second kappa shape index (κ2) is 8.51. The minimum absolute atomic E-state index is 0.131. The van der Waals surface area contributed by atoms with Crippen LogP contribution in [0.3, 0.4) is 0 Å². The number of nitrogens with zero attached hydrogens (tertiary/aromatic N) is 1. The molecule has 0 aromatic heterocycles. The predicted octanol–water partition coefficient (Wildman–Crippen LogP) is 3.76. The van der Waals surface area contributed by atoms with Crippen molar-refractivity contribution < 1.29 is 17.9 Å². The molecule has 1 heterocycles. The highest BCUT2D eigenvalue weighted by molar-refractivity contribution is 7.89. The zero-order valence-electron chi connectivity index (χ0n) is 15.9. The van der Waals surface area contributed by atoms with E-state index in [0.717, 1.165) is 24.0 Å². The van der Waals surface area contributed by atoms with Gasteiger partial charge in [0, 0.05) is 18.8 Å². The molecule has 6 nitrogen and oxygen atoms in total. The summed E-state index contributed by atoms with van der Waals surface area (Å²) < 4.78 is 32.1. The summed E-state index contributed by atoms with van der Waals surface area (Å²) in [4.78, 5) is 12.3. The van der Waals surface area contributed by atoms with Crippen LogP contribution < -0.4 is 10.1 Å². The van der Waals surface area contributed by atoms with Gasteiger partial charge in [-0.3, -0.25) is 4.79 Å². The molecule has 0 aliphatic carbocycles. The summed E-state index contributed by atoms with van der Waals surface area (Å²) in [6, 6.07) is 10.1. The van der Waals surface area contributed by atoms with Crippen LogP contribution in [0.25, 0.3) is 0 Å². The summed E-state index contributed by atoms with van der Waals surface area (Å²) >= 11 is 6.19. The summed E-state index contributed by atoms with van der Waals surface area (Å²) in [7, 11) is -3.54. The molecule has 1 amide bonds. The predicted molar refractivity (Wildman–Crippen MR) is 109 cm³/mol. The van der Waals surface area contributed by atoms with Gasteiger partial charge in [0.25, 0.3) is 5.91 Å². The van der Waals surface area contributed by atoms with Crippen molar-refractivity contribution in [2.45, 2.75) is 31.6 Å². The highest BCUT2D eigenvalue weighted by Gasteiger charge is 2.27. The molecule has 0 bridgehead atoms. The van der Waals surface area contributed by atoms with Gasteiger partial charge in [0.1, 0.15) is 5.75 Å². The van der Waals surface area contributed by atoms with Crippen LogP contribution in [0.2, 0.25) is 5.02 Å². The lowest BCUT2D eigenvalue weighted by atomic mass is 10.1. The number of aryl methyl sites for hydroxylation is 2. The van der Waals surface area contributed by atoms with E-state index in [2.05, 4.69) is 5.32 Å². The summed E-state index contributed by atoms with van der Waals surface area (Å²) in [5, 5.41) is 2.93. The monoisotopic (exact) mass is 422 g/mol. The van der Waals surface area contributed by atoms with Gasteiger partial charge in [0.2, 0.25) is 10.0 Å². The molecular weight excluding hydrogens is 400 g/mol. The first-order chi connectivity index (χ1) is 13.3. The van der Waals surface area contributed by atoms with Gasteiger partial charge in [-0.2, -0.15) is 4.31 Å². The van der Waals surface area contributed by atoms with E-state index in [1.54, 1.807) is 0 Å². The maximum atomic E-state index is 12.6. The molecular formula is C20H23ClN2O4S. The number of nitrogens with one attached hydrogen (secondary N) is 1. The molecule has 0 spiro atoms. The van der Waals surface area contributed by atoms with Crippen molar-refractivity contribution in [3.63, 3.8) is 0 Å². The minimum Gasteiger partial charge on any atom is -0.482 e. The van der Waals surface area contributed by atoms with Gasteiger partial charge < -0.3 is 10.1 Å². The van der Waals surface area contributed by atoms with Crippen LogP contribution >= 0.6 is 11.6 Å². The van der Waals surface area contributed by atoms with E-state index in [1.807, 2.05) is 32.0 Å². The number of halogens is 1. The molecule has 1 aliphatic rings. The fourth-order valence-corrected chi connectivity index (χ4v) is 5.07. The average Bonchev–Trinajstić information content (AvgIpc) is 3.15. The van der Waals surface area contributed by atoms with Crippen LogP contribution in [0.1, 0.15) is 24.0 Å². The van der Waals surface area contributed by atoms with E-state index in [0.29, 0.717) is 18.8 Å². The third kappa shape index (κ3) is 4.84. The first-order valence-corrected chi connectivity index (χ1v) is 10.9. The van der Waals surface area contributed by atoms with Crippen LogP contribution in [-0.2, 0) is 14.8 Å². The molecule has 1 aliphatic heterocycles. The third-order valence-electron chi connectivity index (χ3n) is 4.47. The van der Waals surface area contributed by atoms with E-state index in [-0.39, 0.29) is 28.2 Å². The largest absolute Gasteiger partial charge is 0.482 e. The van der Waals surface area contributed by atoms with E-state index >= 15 is 0 Å². The molecule has 0 unspecified atom stereocenters. The van der Waals surface area contributed by atoms with E-state index in [1.165, 1.54) is 22.5 Å². The van der Waals surface area contributed by atoms with Crippen molar-refractivity contribution >= 4 is 33.2 Å². The van der Waals surface area contributed by atoms with Crippen LogP contribution in [0.5, 0.6) is 5.75 Å². The quantitative estimate of drug-likeness (QED) is 0.769. The number of carbonyl (C=O) groups excluding carboxylic acids is 1. The summed E-state index contributed by atoms with van der Waals surface area (Å²) in [6.07, 6.45) is 1.73. The lowest BCUT2D eigenvalue weighted by molar-refractivity contribution is -0.118. The Bertz CT molecular complexity index is 965. The van der Waals surface area contributed by atoms with Gasteiger partial charge in [-0.15, -0.1) is 0 Å². The van der Waals surface area contributed by atoms with Crippen molar-refractivity contribution in [2.24, 2.45) is 0 Å². The highest BCUT2D eigenvalue weighted by atomic mass is 35.5. The number of benzene rings is 2. The van der Waals surface area contributed by atoms with Crippen LogP contribution in [0.15, 0.2) is 41.3 Å². The fourth-order valence-electron chi connectivity index (χ4n) is 3.22.